The van der Waals surface area contributed by atoms with Gasteiger partial charge in [-0.1, -0.05) is 13.8 Å². The first-order valence-corrected chi connectivity index (χ1v) is 11.9. The number of ketones is 1. The number of carbonyl (C=O) groups excluding carboxylic acids is 1. The van der Waals surface area contributed by atoms with E-state index in [2.05, 4.69) is 18.7 Å². The lowest BCUT2D eigenvalue weighted by Crippen LogP contribution is -2.66. The fourth-order valence-electron chi connectivity index (χ4n) is 6.85. The maximum absolute atomic E-state index is 13.0. The SMILES string of the molecule is CC(C)CCOc1cc(O)c2c3c1C[C@@H]1[C@@H]4CCC(=O)[C@H](O2)[C@]34CCN1CC1CC1. The first-order chi connectivity index (χ1) is 14.5. The van der Waals surface area contributed by atoms with Gasteiger partial charge in [-0.3, -0.25) is 9.69 Å². The average Bonchev–Trinajstić information content (AvgIpc) is 3.45. The van der Waals surface area contributed by atoms with Crippen LogP contribution in [0.15, 0.2) is 6.07 Å². The van der Waals surface area contributed by atoms with E-state index >= 15 is 0 Å². The number of nitrogens with zero attached hydrogens (tertiary/aromatic N) is 1. The van der Waals surface area contributed by atoms with E-state index in [1.54, 1.807) is 6.07 Å². The zero-order valence-corrected chi connectivity index (χ0v) is 18.2. The molecule has 1 aromatic rings. The van der Waals surface area contributed by atoms with Crippen LogP contribution in [0.25, 0.3) is 0 Å². The molecule has 5 heteroatoms. The molecule has 3 aliphatic carbocycles. The summed E-state index contributed by atoms with van der Waals surface area (Å²) in [5.74, 6) is 3.61. The highest BCUT2D eigenvalue weighted by atomic mass is 16.5. The predicted octanol–water partition coefficient (Wildman–Crippen LogP) is 3.84. The van der Waals surface area contributed by atoms with Gasteiger partial charge in [0.25, 0.3) is 0 Å². The van der Waals surface area contributed by atoms with Crippen molar-refractivity contribution < 1.29 is 19.4 Å². The Morgan fingerprint density at radius 3 is 2.93 bits per heavy atom. The number of aromatic hydroxyl groups is 1. The molecule has 0 unspecified atom stereocenters. The monoisotopic (exact) mass is 411 g/mol. The van der Waals surface area contributed by atoms with Crippen LogP contribution >= 0.6 is 0 Å². The van der Waals surface area contributed by atoms with Crippen LogP contribution in [0.5, 0.6) is 17.2 Å². The summed E-state index contributed by atoms with van der Waals surface area (Å²) in [7, 11) is 0. The molecule has 0 aromatic heterocycles. The van der Waals surface area contributed by atoms with Gasteiger partial charge in [-0.15, -0.1) is 0 Å². The van der Waals surface area contributed by atoms with Crippen LogP contribution in [-0.2, 0) is 16.6 Å². The Bertz CT molecular complexity index is 892. The van der Waals surface area contributed by atoms with Crippen LogP contribution in [0.2, 0.25) is 0 Å². The lowest BCUT2D eigenvalue weighted by molar-refractivity contribution is -0.138. The Morgan fingerprint density at radius 1 is 1.33 bits per heavy atom. The molecule has 2 saturated carbocycles. The molecule has 1 saturated heterocycles. The smallest absolute Gasteiger partial charge is 0.174 e. The third-order valence-electron chi connectivity index (χ3n) is 8.45. The van der Waals surface area contributed by atoms with Crippen molar-refractivity contribution in [2.24, 2.45) is 17.8 Å². The molecular formula is C25H33NO4. The van der Waals surface area contributed by atoms with E-state index in [1.807, 2.05) is 0 Å². The van der Waals surface area contributed by atoms with Crippen molar-refractivity contribution in [1.82, 2.24) is 4.90 Å². The minimum absolute atomic E-state index is 0.141. The number of piperidine rings is 1. The lowest BCUT2D eigenvalue weighted by atomic mass is 9.51. The fourth-order valence-corrected chi connectivity index (χ4v) is 6.85. The highest BCUT2D eigenvalue weighted by Gasteiger charge is 2.66. The molecule has 3 fully saturated rings. The molecule has 2 aliphatic heterocycles. The standard InChI is InChI=1S/C25H33NO4/c1-14(2)7-10-29-21-12-20(28)23-22-16(21)11-18-17-5-6-19(27)24(30-23)25(17,22)8-9-26(18)13-15-3-4-15/h12,14-15,17-18,24,28H,3-11,13H2,1-2H3/t17-,18+,24-,25-/m0/s1. The summed E-state index contributed by atoms with van der Waals surface area (Å²) < 4.78 is 12.5. The number of hydrogen-bond donors (Lipinski definition) is 1. The minimum Gasteiger partial charge on any atom is -0.504 e. The fraction of sp³-hybridized carbons (Fsp3) is 0.720. The van der Waals surface area contributed by atoms with Crippen molar-refractivity contribution in [3.63, 3.8) is 0 Å². The summed E-state index contributed by atoms with van der Waals surface area (Å²) >= 11 is 0. The van der Waals surface area contributed by atoms with E-state index < -0.39 is 6.10 Å². The number of rotatable bonds is 6. The van der Waals surface area contributed by atoms with Crippen molar-refractivity contribution >= 4 is 5.78 Å². The topological polar surface area (TPSA) is 59.0 Å². The van der Waals surface area contributed by atoms with Crippen molar-refractivity contribution in [3.05, 3.63) is 17.2 Å². The largest absolute Gasteiger partial charge is 0.504 e. The van der Waals surface area contributed by atoms with Gasteiger partial charge in [0.05, 0.1) is 6.61 Å². The first kappa shape index (κ1) is 19.0. The number of hydrogen-bond acceptors (Lipinski definition) is 5. The highest BCUT2D eigenvalue weighted by Crippen LogP contribution is 2.64. The quantitative estimate of drug-likeness (QED) is 0.771. The Kier molecular flexibility index (Phi) is 4.19. The summed E-state index contributed by atoms with van der Waals surface area (Å²) in [6, 6.07) is 2.20. The van der Waals surface area contributed by atoms with E-state index in [0.717, 1.165) is 49.5 Å². The third-order valence-corrected chi connectivity index (χ3v) is 8.45. The number of ether oxygens (including phenoxy) is 2. The maximum atomic E-state index is 13.0. The van der Waals surface area contributed by atoms with Crippen LogP contribution < -0.4 is 9.47 Å². The van der Waals surface area contributed by atoms with Gasteiger partial charge < -0.3 is 14.6 Å². The zero-order chi connectivity index (χ0) is 20.6. The molecule has 1 spiro atoms. The molecular weight excluding hydrogens is 378 g/mol. The Morgan fingerprint density at radius 2 is 2.17 bits per heavy atom. The molecule has 0 radical (unpaired) electrons. The van der Waals surface area contributed by atoms with Gasteiger partial charge in [-0.25, -0.2) is 0 Å². The summed E-state index contributed by atoms with van der Waals surface area (Å²) in [5.41, 5.74) is 2.05. The van der Waals surface area contributed by atoms with Crippen LogP contribution in [0.1, 0.15) is 63.5 Å². The average molecular weight is 412 g/mol. The van der Waals surface area contributed by atoms with E-state index in [4.69, 9.17) is 9.47 Å². The lowest BCUT2D eigenvalue weighted by Gasteiger charge is -2.57. The first-order valence-electron chi connectivity index (χ1n) is 11.9. The van der Waals surface area contributed by atoms with Crippen molar-refractivity contribution in [2.45, 2.75) is 76.4 Å². The number of phenolic OH excluding ortho intramolecular Hbond substituents is 1. The molecule has 6 rings (SSSR count). The zero-order valence-electron chi connectivity index (χ0n) is 18.2. The summed E-state index contributed by atoms with van der Waals surface area (Å²) in [6.07, 6.45) is 6.74. The van der Waals surface area contributed by atoms with Crippen LogP contribution in [0, 0.1) is 17.8 Å². The van der Waals surface area contributed by atoms with Crippen molar-refractivity contribution in [3.8, 4) is 17.2 Å². The van der Waals surface area contributed by atoms with E-state index in [1.165, 1.54) is 24.9 Å². The predicted molar refractivity (Wildman–Crippen MR) is 113 cm³/mol. The second-order valence-electron chi connectivity index (χ2n) is 10.7. The normalized spacial score (nSPS) is 34.1. The van der Waals surface area contributed by atoms with Crippen LogP contribution in [0.3, 0.4) is 0 Å². The molecule has 4 atom stereocenters. The van der Waals surface area contributed by atoms with E-state index in [0.29, 0.717) is 36.7 Å². The summed E-state index contributed by atoms with van der Waals surface area (Å²) in [4.78, 5) is 15.7. The number of benzene rings is 1. The third kappa shape index (κ3) is 2.60. The second kappa shape index (κ2) is 6.62. The molecule has 2 bridgehead atoms. The van der Waals surface area contributed by atoms with Crippen molar-refractivity contribution in [2.75, 3.05) is 19.7 Å². The van der Waals surface area contributed by atoms with Gasteiger partial charge in [0.2, 0.25) is 0 Å². The maximum Gasteiger partial charge on any atom is 0.174 e. The van der Waals surface area contributed by atoms with Crippen molar-refractivity contribution in [1.29, 1.82) is 0 Å². The van der Waals surface area contributed by atoms with Crippen LogP contribution in [0.4, 0.5) is 0 Å². The molecule has 5 nitrogen and oxygen atoms in total. The van der Waals surface area contributed by atoms with Gasteiger partial charge in [0, 0.05) is 41.6 Å². The Labute approximate surface area is 178 Å². The van der Waals surface area contributed by atoms with E-state index in [9.17, 15) is 9.90 Å². The van der Waals surface area contributed by atoms with Gasteiger partial charge in [0.15, 0.2) is 23.4 Å². The molecule has 0 amide bonds. The van der Waals surface area contributed by atoms with Gasteiger partial charge in [-0.2, -0.15) is 0 Å². The molecule has 2 heterocycles. The Balaban J connectivity index is 1.45. The highest BCUT2D eigenvalue weighted by molar-refractivity contribution is 5.89. The molecule has 1 aromatic carbocycles. The molecule has 162 valence electrons. The number of Topliss-reactive ketones (excluding diaryl/α,β-unsaturated/α-hetero) is 1. The van der Waals surface area contributed by atoms with E-state index in [-0.39, 0.29) is 16.9 Å². The number of likely N-dealkylation sites (tertiary alicyclic amines) is 1. The number of carbonyl (C=O) groups is 1. The Hall–Kier alpha value is -1.75. The van der Waals surface area contributed by atoms with Gasteiger partial charge >= 0.3 is 0 Å². The van der Waals surface area contributed by atoms with Gasteiger partial charge in [0.1, 0.15) is 5.75 Å². The summed E-state index contributed by atoms with van der Waals surface area (Å²) in [6.45, 7) is 7.27. The molecule has 1 N–H and O–H groups in total. The minimum atomic E-state index is -0.423. The number of phenols is 1. The van der Waals surface area contributed by atoms with Crippen LogP contribution in [-0.4, -0.2) is 47.6 Å². The molecule has 30 heavy (non-hydrogen) atoms. The van der Waals surface area contributed by atoms with Gasteiger partial charge in [-0.05, 0) is 62.8 Å². The second-order valence-corrected chi connectivity index (χ2v) is 10.7. The molecule has 5 aliphatic rings. The summed E-state index contributed by atoms with van der Waals surface area (Å²) in [5, 5.41) is 10.8.